The van der Waals surface area contributed by atoms with E-state index in [1.54, 1.807) is 18.4 Å². The van der Waals surface area contributed by atoms with Crippen LogP contribution in [0, 0.1) is 12.7 Å². The largest absolute Gasteiger partial charge is 0.356 e. The van der Waals surface area contributed by atoms with Gasteiger partial charge >= 0.3 is 0 Å². The van der Waals surface area contributed by atoms with Crippen molar-refractivity contribution in [2.24, 2.45) is 4.99 Å². The Morgan fingerprint density at radius 3 is 2.68 bits per heavy atom. The third-order valence-electron chi connectivity index (χ3n) is 4.03. The summed E-state index contributed by atoms with van der Waals surface area (Å²) in [5.41, 5.74) is 2.26. The highest BCUT2D eigenvalue weighted by atomic mass is 32.2. The Labute approximate surface area is 170 Å². The summed E-state index contributed by atoms with van der Waals surface area (Å²) in [5.74, 6) is 0.0844. The molecule has 0 bridgehead atoms. The van der Waals surface area contributed by atoms with E-state index in [4.69, 9.17) is 0 Å². The van der Waals surface area contributed by atoms with E-state index in [0.717, 1.165) is 36.5 Å². The number of halogens is 1. The first-order chi connectivity index (χ1) is 13.3. The summed E-state index contributed by atoms with van der Waals surface area (Å²) < 4.78 is 36.8. The average molecular weight is 427 g/mol. The van der Waals surface area contributed by atoms with Gasteiger partial charge in [0, 0.05) is 37.5 Å². The van der Waals surface area contributed by atoms with Gasteiger partial charge in [0.2, 0.25) is 0 Å². The Morgan fingerprint density at radius 2 is 2.04 bits per heavy atom. The zero-order chi connectivity index (χ0) is 20.6. The lowest BCUT2D eigenvalue weighted by Crippen LogP contribution is -2.37. The van der Waals surface area contributed by atoms with Gasteiger partial charge in [0.05, 0.1) is 10.8 Å². The molecule has 0 fully saturated rings. The van der Waals surface area contributed by atoms with Crippen molar-refractivity contribution in [3.05, 3.63) is 51.2 Å². The first-order valence-electron chi connectivity index (χ1n) is 9.07. The lowest BCUT2D eigenvalue weighted by atomic mass is 10.1. The Morgan fingerprint density at radius 1 is 1.25 bits per heavy atom. The second kappa shape index (κ2) is 10.5. The molecule has 0 radical (unpaired) electrons. The summed E-state index contributed by atoms with van der Waals surface area (Å²) in [4.78, 5) is 8.61. The second-order valence-electron chi connectivity index (χ2n) is 6.68. The van der Waals surface area contributed by atoms with Gasteiger partial charge in [-0.2, -0.15) is 0 Å². The zero-order valence-electron chi connectivity index (χ0n) is 16.5. The monoisotopic (exact) mass is 426 g/mol. The fourth-order valence-corrected chi connectivity index (χ4v) is 4.37. The van der Waals surface area contributed by atoms with Gasteiger partial charge in [-0.05, 0) is 49.4 Å². The third kappa shape index (κ3) is 7.93. The van der Waals surface area contributed by atoms with E-state index in [1.165, 1.54) is 24.5 Å². The normalized spacial score (nSPS) is 12.2. The van der Waals surface area contributed by atoms with Crippen molar-refractivity contribution in [3.8, 4) is 0 Å². The van der Waals surface area contributed by atoms with Gasteiger partial charge in [0.25, 0.3) is 0 Å². The molecule has 0 aliphatic heterocycles. The van der Waals surface area contributed by atoms with Gasteiger partial charge in [-0.1, -0.05) is 6.07 Å². The molecule has 1 heterocycles. The summed E-state index contributed by atoms with van der Waals surface area (Å²) in [6, 6.07) is 4.15. The van der Waals surface area contributed by atoms with Crippen LogP contribution >= 0.6 is 11.3 Å². The number of aryl methyl sites for hydroxylation is 2. The molecule has 0 spiro atoms. The maximum absolute atomic E-state index is 13.6. The van der Waals surface area contributed by atoms with Gasteiger partial charge in [-0.25, -0.2) is 17.8 Å². The quantitative estimate of drug-likeness (QED) is 0.366. The van der Waals surface area contributed by atoms with Crippen LogP contribution in [0.25, 0.3) is 0 Å². The molecule has 6 nitrogen and oxygen atoms in total. The van der Waals surface area contributed by atoms with Crippen LogP contribution in [0.15, 0.2) is 28.6 Å². The number of aromatic nitrogens is 1. The lowest BCUT2D eigenvalue weighted by molar-refractivity contribution is 0.599. The van der Waals surface area contributed by atoms with Crippen LogP contribution in [0.1, 0.15) is 34.7 Å². The summed E-state index contributed by atoms with van der Waals surface area (Å²) >= 11 is 1.69. The van der Waals surface area contributed by atoms with E-state index in [9.17, 15) is 12.8 Å². The average Bonchev–Trinajstić information content (AvgIpc) is 3.03. The molecule has 2 aromatic rings. The van der Waals surface area contributed by atoms with Crippen molar-refractivity contribution >= 4 is 27.1 Å². The summed E-state index contributed by atoms with van der Waals surface area (Å²) in [7, 11) is -1.54. The Hall–Kier alpha value is -2.00. The molecule has 0 aliphatic carbocycles. The number of nitrogens with zero attached hydrogens (tertiary/aromatic N) is 2. The van der Waals surface area contributed by atoms with Gasteiger partial charge in [0.15, 0.2) is 15.8 Å². The first kappa shape index (κ1) is 22.3. The number of aliphatic imine (C=N–C) groups is 1. The molecule has 0 amide bonds. The van der Waals surface area contributed by atoms with Crippen LogP contribution in [0.3, 0.4) is 0 Å². The van der Waals surface area contributed by atoms with E-state index in [1.807, 2.05) is 6.92 Å². The van der Waals surface area contributed by atoms with Crippen LogP contribution in [0.4, 0.5) is 4.39 Å². The number of unbranched alkanes of at least 4 members (excludes halogenated alkanes) is 1. The number of rotatable bonds is 9. The third-order valence-corrected chi connectivity index (χ3v) is 5.89. The van der Waals surface area contributed by atoms with E-state index in [-0.39, 0.29) is 5.75 Å². The number of sulfone groups is 1. The number of benzene rings is 1. The smallest absolute Gasteiger partial charge is 0.191 e. The predicted molar refractivity (Wildman–Crippen MR) is 113 cm³/mol. The molecule has 2 N–H and O–H groups in total. The summed E-state index contributed by atoms with van der Waals surface area (Å²) in [6.45, 7) is 3.04. The standard InChI is InChI=1S/C19H27FN4O2S2/c1-14-12-27-18(24-14)6-4-5-9-22-19(21-2)23-11-16-10-17(20)8-7-15(16)13-28(3,25)26/h7-8,10,12H,4-6,9,11,13H2,1-3H3,(H2,21,22,23). The SMILES string of the molecule is CN=C(NCCCCc1nc(C)cs1)NCc1cc(F)ccc1CS(C)(=O)=O. The minimum atomic E-state index is -3.20. The van der Waals surface area contributed by atoms with Crippen LogP contribution in [-0.4, -0.2) is 39.2 Å². The van der Waals surface area contributed by atoms with Crippen molar-refractivity contribution in [2.45, 2.75) is 38.5 Å². The summed E-state index contributed by atoms with van der Waals surface area (Å²) in [5, 5.41) is 9.56. The minimum Gasteiger partial charge on any atom is -0.356 e. The highest BCUT2D eigenvalue weighted by Gasteiger charge is 2.11. The van der Waals surface area contributed by atoms with E-state index < -0.39 is 15.7 Å². The van der Waals surface area contributed by atoms with Crippen LogP contribution in [0.2, 0.25) is 0 Å². The van der Waals surface area contributed by atoms with E-state index in [2.05, 4.69) is 26.0 Å². The highest BCUT2D eigenvalue weighted by molar-refractivity contribution is 7.89. The molecular weight excluding hydrogens is 399 g/mol. The second-order valence-corrected chi connectivity index (χ2v) is 9.76. The molecule has 0 saturated heterocycles. The van der Waals surface area contributed by atoms with Gasteiger partial charge in [-0.3, -0.25) is 4.99 Å². The van der Waals surface area contributed by atoms with E-state index >= 15 is 0 Å². The van der Waals surface area contributed by atoms with Crippen molar-refractivity contribution < 1.29 is 12.8 Å². The fourth-order valence-electron chi connectivity index (χ4n) is 2.71. The number of nitrogens with one attached hydrogen (secondary N) is 2. The van der Waals surface area contributed by atoms with Gasteiger partial charge in [-0.15, -0.1) is 11.3 Å². The molecule has 154 valence electrons. The highest BCUT2D eigenvalue weighted by Crippen LogP contribution is 2.14. The number of guanidine groups is 1. The summed E-state index contributed by atoms with van der Waals surface area (Å²) in [6.07, 6.45) is 4.13. The predicted octanol–water partition coefficient (Wildman–Crippen LogP) is 2.82. The minimum absolute atomic E-state index is 0.118. The van der Waals surface area contributed by atoms with Crippen molar-refractivity contribution in [3.63, 3.8) is 0 Å². The Kier molecular flexibility index (Phi) is 8.37. The maximum Gasteiger partial charge on any atom is 0.191 e. The molecule has 0 unspecified atom stereocenters. The molecule has 1 aromatic heterocycles. The Bertz CT molecular complexity index is 910. The number of hydrogen-bond acceptors (Lipinski definition) is 5. The van der Waals surface area contributed by atoms with Gasteiger partial charge < -0.3 is 10.6 Å². The van der Waals surface area contributed by atoms with Crippen LogP contribution in [0.5, 0.6) is 0 Å². The Balaban J connectivity index is 1.81. The zero-order valence-corrected chi connectivity index (χ0v) is 18.1. The van der Waals surface area contributed by atoms with Crippen molar-refractivity contribution in [2.75, 3.05) is 19.8 Å². The molecule has 0 aliphatic rings. The molecule has 0 atom stereocenters. The number of thiazole rings is 1. The topological polar surface area (TPSA) is 83.4 Å². The molecule has 9 heteroatoms. The maximum atomic E-state index is 13.6. The molecule has 1 aromatic carbocycles. The molecular formula is C19H27FN4O2S2. The number of hydrogen-bond donors (Lipinski definition) is 2. The fraction of sp³-hybridized carbons (Fsp3) is 0.474. The lowest BCUT2D eigenvalue weighted by Gasteiger charge is -2.14. The van der Waals surface area contributed by atoms with Gasteiger partial charge in [0.1, 0.15) is 5.82 Å². The van der Waals surface area contributed by atoms with Crippen LogP contribution in [-0.2, 0) is 28.6 Å². The van der Waals surface area contributed by atoms with Crippen LogP contribution < -0.4 is 10.6 Å². The molecule has 0 saturated carbocycles. The molecule has 2 rings (SSSR count). The van der Waals surface area contributed by atoms with E-state index in [0.29, 0.717) is 23.6 Å². The molecule has 28 heavy (non-hydrogen) atoms. The first-order valence-corrected chi connectivity index (χ1v) is 12.0. The van der Waals surface area contributed by atoms with Crippen molar-refractivity contribution in [1.29, 1.82) is 0 Å². The van der Waals surface area contributed by atoms with Crippen molar-refractivity contribution in [1.82, 2.24) is 15.6 Å².